The first-order valence-electron chi connectivity index (χ1n) is 5.10. The number of hydrogen-bond acceptors (Lipinski definition) is 3. The topological polar surface area (TPSA) is 92.0 Å². The highest BCUT2D eigenvalue weighted by atomic mass is 35.5. The number of carboxylic acids is 1. The van der Waals surface area contributed by atoms with Crippen molar-refractivity contribution in [3.05, 3.63) is 28.5 Å². The average molecular weight is 254 g/mol. The molecule has 0 saturated heterocycles. The Balaban J connectivity index is 2.46. The van der Waals surface area contributed by atoms with Crippen LogP contribution < -0.4 is 5.73 Å². The zero-order valence-electron chi connectivity index (χ0n) is 9.20. The molecule has 4 N–H and O–H groups in total. The Morgan fingerprint density at radius 2 is 2.41 bits per heavy atom. The van der Waals surface area contributed by atoms with Crippen molar-refractivity contribution in [2.24, 2.45) is 5.73 Å². The Labute approximate surface area is 103 Å². The monoisotopic (exact) mass is 253 g/mol. The molecule has 5 nitrogen and oxygen atoms in total. The van der Waals surface area contributed by atoms with Crippen molar-refractivity contribution in [1.82, 2.24) is 9.97 Å². The van der Waals surface area contributed by atoms with Gasteiger partial charge in [0, 0.05) is 18.0 Å². The number of carboxylic acid groups (broad SMARTS) is 1. The first-order chi connectivity index (χ1) is 7.99. The number of nitrogens with two attached hydrogens (primary N) is 1. The van der Waals surface area contributed by atoms with Crippen LogP contribution in [0.25, 0.3) is 11.0 Å². The van der Waals surface area contributed by atoms with Gasteiger partial charge in [0.1, 0.15) is 16.8 Å². The lowest BCUT2D eigenvalue weighted by Crippen LogP contribution is -2.32. The number of aliphatic carboxylic acids is 1. The summed E-state index contributed by atoms with van der Waals surface area (Å²) >= 11 is 5.84. The number of carbonyl (C=O) groups is 1. The van der Waals surface area contributed by atoms with E-state index in [4.69, 9.17) is 22.4 Å². The minimum Gasteiger partial charge on any atom is -0.480 e. The lowest BCUT2D eigenvalue weighted by atomic mass is 10.0. The van der Waals surface area contributed by atoms with Gasteiger partial charge in [-0.1, -0.05) is 11.6 Å². The summed E-state index contributed by atoms with van der Waals surface area (Å²) in [7, 11) is 0. The molecular formula is C11H12ClN3O2. The zero-order chi connectivity index (χ0) is 12.6. The van der Waals surface area contributed by atoms with Crippen LogP contribution in [0, 0.1) is 6.92 Å². The third kappa shape index (κ3) is 2.25. The van der Waals surface area contributed by atoms with Crippen molar-refractivity contribution >= 4 is 28.6 Å². The summed E-state index contributed by atoms with van der Waals surface area (Å²) in [5.41, 5.74) is 7.97. The molecule has 1 unspecified atom stereocenters. The van der Waals surface area contributed by atoms with Crippen LogP contribution in [0.5, 0.6) is 0 Å². The van der Waals surface area contributed by atoms with Gasteiger partial charge in [-0.3, -0.25) is 4.79 Å². The number of aromatic nitrogens is 2. The second-order valence-corrected chi connectivity index (χ2v) is 4.34. The number of aryl methyl sites for hydroxylation is 1. The van der Waals surface area contributed by atoms with E-state index in [0.717, 1.165) is 16.5 Å². The maximum absolute atomic E-state index is 10.7. The number of rotatable bonds is 3. The smallest absolute Gasteiger partial charge is 0.320 e. The molecule has 0 aliphatic heterocycles. The Bertz CT molecular complexity index is 579. The average Bonchev–Trinajstić information content (AvgIpc) is 2.60. The van der Waals surface area contributed by atoms with Crippen LogP contribution in [0.15, 0.2) is 12.3 Å². The van der Waals surface area contributed by atoms with E-state index >= 15 is 0 Å². The molecule has 0 bridgehead atoms. The molecule has 0 aromatic carbocycles. The SMILES string of the molecule is Cc1cc(Cl)nc2[nH]cc(CC(N)C(=O)O)c12. The highest BCUT2D eigenvalue weighted by Crippen LogP contribution is 2.24. The first kappa shape index (κ1) is 11.9. The van der Waals surface area contributed by atoms with Gasteiger partial charge in [-0.05, 0) is 24.1 Å². The molecule has 90 valence electrons. The first-order valence-corrected chi connectivity index (χ1v) is 5.48. The number of nitrogens with zero attached hydrogens (tertiary/aromatic N) is 1. The van der Waals surface area contributed by atoms with Crippen LogP contribution in [-0.2, 0) is 11.2 Å². The molecule has 0 aliphatic rings. The van der Waals surface area contributed by atoms with Crippen LogP contribution in [0.1, 0.15) is 11.1 Å². The fraction of sp³-hybridized carbons (Fsp3) is 0.273. The van der Waals surface area contributed by atoms with Crippen molar-refractivity contribution in [3.63, 3.8) is 0 Å². The van der Waals surface area contributed by atoms with Gasteiger partial charge in [0.25, 0.3) is 0 Å². The second-order valence-electron chi connectivity index (χ2n) is 3.95. The molecule has 2 rings (SSSR count). The fourth-order valence-electron chi connectivity index (χ4n) is 1.86. The van der Waals surface area contributed by atoms with Crippen LogP contribution in [0.3, 0.4) is 0 Å². The number of H-pyrrole nitrogens is 1. The number of halogens is 1. The standard InChI is InChI=1S/C11H12ClN3O2/c1-5-2-8(12)15-10-9(5)6(4-14-10)3-7(13)11(16)17/h2,4,7H,3,13H2,1H3,(H,14,15)(H,16,17). The van der Waals surface area contributed by atoms with Crippen LogP contribution in [0.2, 0.25) is 5.15 Å². The number of aromatic amines is 1. The summed E-state index contributed by atoms with van der Waals surface area (Å²) < 4.78 is 0. The number of pyridine rings is 1. The van der Waals surface area contributed by atoms with Crippen molar-refractivity contribution in [3.8, 4) is 0 Å². The van der Waals surface area contributed by atoms with Crippen molar-refractivity contribution in [2.45, 2.75) is 19.4 Å². The molecule has 0 amide bonds. The molecule has 1 atom stereocenters. The number of nitrogens with one attached hydrogen (secondary N) is 1. The molecule has 2 aromatic heterocycles. The summed E-state index contributed by atoms with van der Waals surface area (Å²) in [6.07, 6.45) is 1.99. The molecule has 0 aliphatic carbocycles. The summed E-state index contributed by atoms with van der Waals surface area (Å²) in [5, 5.41) is 10.1. The van der Waals surface area contributed by atoms with E-state index in [1.807, 2.05) is 6.92 Å². The van der Waals surface area contributed by atoms with Gasteiger partial charge in [0.15, 0.2) is 0 Å². The minimum absolute atomic E-state index is 0.263. The molecule has 6 heteroatoms. The third-order valence-corrected chi connectivity index (χ3v) is 2.84. The van der Waals surface area contributed by atoms with Crippen molar-refractivity contribution < 1.29 is 9.90 Å². The Morgan fingerprint density at radius 3 is 3.06 bits per heavy atom. The molecule has 17 heavy (non-hydrogen) atoms. The second kappa shape index (κ2) is 4.35. The molecule has 0 radical (unpaired) electrons. The highest BCUT2D eigenvalue weighted by Gasteiger charge is 2.16. The largest absolute Gasteiger partial charge is 0.480 e. The van der Waals surface area contributed by atoms with Gasteiger partial charge >= 0.3 is 5.97 Å². The summed E-state index contributed by atoms with van der Waals surface area (Å²) in [4.78, 5) is 17.8. The lowest BCUT2D eigenvalue weighted by molar-refractivity contribution is -0.138. The molecule has 2 heterocycles. The van der Waals surface area contributed by atoms with Gasteiger partial charge in [0.05, 0.1) is 0 Å². The predicted octanol–water partition coefficient (Wildman–Crippen LogP) is 1.48. The normalized spacial score (nSPS) is 12.9. The highest BCUT2D eigenvalue weighted by molar-refractivity contribution is 6.29. The van der Waals surface area contributed by atoms with E-state index in [1.165, 1.54) is 0 Å². The zero-order valence-corrected chi connectivity index (χ0v) is 9.95. The van der Waals surface area contributed by atoms with Crippen molar-refractivity contribution in [1.29, 1.82) is 0 Å². The van der Waals surface area contributed by atoms with Crippen molar-refractivity contribution in [2.75, 3.05) is 0 Å². The molecule has 0 spiro atoms. The third-order valence-electron chi connectivity index (χ3n) is 2.65. The van der Waals surface area contributed by atoms with E-state index in [1.54, 1.807) is 12.3 Å². The van der Waals surface area contributed by atoms with E-state index in [0.29, 0.717) is 10.8 Å². The van der Waals surface area contributed by atoms with E-state index < -0.39 is 12.0 Å². The lowest BCUT2D eigenvalue weighted by Gasteiger charge is -2.06. The number of fused-ring (bicyclic) bond motifs is 1. The van der Waals surface area contributed by atoms with Gasteiger partial charge in [-0.2, -0.15) is 0 Å². The summed E-state index contributed by atoms with van der Waals surface area (Å²) in [6.45, 7) is 1.90. The van der Waals surface area contributed by atoms with E-state index in [2.05, 4.69) is 9.97 Å². The Hall–Kier alpha value is -1.59. The van der Waals surface area contributed by atoms with Gasteiger partial charge in [-0.25, -0.2) is 4.98 Å². The van der Waals surface area contributed by atoms with Gasteiger partial charge in [0.2, 0.25) is 0 Å². The molecule has 0 saturated carbocycles. The molecular weight excluding hydrogens is 242 g/mol. The fourth-order valence-corrected chi connectivity index (χ4v) is 2.10. The van der Waals surface area contributed by atoms with E-state index in [9.17, 15) is 4.79 Å². The Morgan fingerprint density at radius 1 is 1.71 bits per heavy atom. The maximum Gasteiger partial charge on any atom is 0.320 e. The summed E-state index contributed by atoms with van der Waals surface area (Å²) in [6, 6.07) is 0.831. The quantitative estimate of drug-likeness (QED) is 0.723. The maximum atomic E-state index is 10.7. The van der Waals surface area contributed by atoms with Crippen LogP contribution in [0.4, 0.5) is 0 Å². The van der Waals surface area contributed by atoms with Crippen LogP contribution >= 0.6 is 11.6 Å². The van der Waals surface area contributed by atoms with E-state index in [-0.39, 0.29) is 6.42 Å². The molecule has 2 aromatic rings. The van der Waals surface area contributed by atoms with Gasteiger partial charge in [-0.15, -0.1) is 0 Å². The summed E-state index contributed by atoms with van der Waals surface area (Å²) in [5.74, 6) is -1.01. The minimum atomic E-state index is -1.01. The van der Waals surface area contributed by atoms with Gasteiger partial charge < -0.3 is 15.8 Å². The number of hydrogen-bond donors (Lipinski definition) is 3. The van der Waals surface area contributed by atoms with Crippen LogP contribution in [-0.4, -0.2) is 27.1 Å². The Kier molecular flexibility index (Phi) is 3.04. The predicted molar refractivity (Wildman–Crippen MR) is 65.2 cm³/mol. The molecule has 0 fully saturated rings.